The van der Waals surface area contributed by atoms with Crippen molar-refractivity contribution in [3.63, 3.8) is 0 Å². The summed E-state index contributed by atoms with van der Waals surface area (Å²) in [6, 6.07) is 18.0. The van der Waals surface area contributed by atoms with Gasteiger partial charge in [-0.2, -0.15) is 0 Å². The minimum Gasteiger partial charge on any atom is -0.497 e. The third-order valence-electron chi connectivity index (χ3n) is 4.38. The van der Waals surface area contributed by atoms with Gasteiger partial charge in [-0.15, -0.1) is 0 Å². The molecule has 0 radical (unpaired) electrons. The Morgan fingerprint density at radius 3 is 2.34 bits per heavy atom. The summed E-state index contributed by atoms with van der Waals surface area (Å²) in [4.78, 5) is 12.2. The maximum Gasteiger partial charge on any atom is 0.265 e. The van der Waals surface area contributed by atoms with Crippen molar-refractivity contribution in [2.24, 2.45) is 0 Å². The Kier molecular flexibility index (Phi) is 7.40. The van der Waals surface area contributed by atoms with E-state index in [0.717, 1.165) is 5.56 Å². The van der Waals surface area contributed by atoms with Gasteiger partial charge >= 0.3 is 0 Å². The summed E-state index contributed by atoms with van der Waals surface area (Å²) in [6.45, 7) is 0. The summed E-state index contributed by atoms with van der Waals surface area (Å²) in [5, 5.41) is 2.90. The third kappa shape index (κ3) is 5.81. The van der Waals surface area contributed by atoms with Gasteiger partial charge in [0, 0.05) is 11.8 Å². The lowest BCUT2D eigenvalue weighted by atomic mass is 10.2. The molecular weight excluding hydrogens is 452 g/mol. The topological polar surface area (TPSA) is 93.7 Å². The lowest BCUT2D eigenvalue weighted by Gasteiger charge is -2.14. The molecule has 0 spiro atoms. The summed E-state index contributed by atoms with van der Waals surface area (Å²) in [6.07, 6.45) is 2.98. The number of para-hydroxylation sites is 1. The van der Waals surface area contributed by atoms with Crippen LogP contribution in [0.25, 0.3) is 6.08 Å². The van der Waals surface area contributed by atoms with Crippen molar-refractivity contribution in [3.05, 3.63) is 83.4 Å². The summed E-state index contributed by atoms with van der Waals surface area (Å²) in [5.41, 5.74) is 1.32. The monoisotopic (exact) mass is 472 g/mol. The van der Waals surface area contributed by atoms with Gasteiger partial charge < -0.3 is 14.8 Å². The summed E-state index contributed by atoms with van der Waals surface area (Å²) in [7, 11) is -1.10. The highest BCUT2D eigenvalue weighted by Crippen LogP contribution is 2.30. The van der Waals surface area contributed by atoms with Gasteiger partial charge in [-0.25, -0.2) is 8.42 Å². The fourth-order valence-corrected chi connectivity index (χ4v) is 4.29. The van der Waals surface area contributed by atoms with E-state index in [1.807, 2.05) is 0 Å². The van der Waals surface area contributed by atoms with E-state index in [1.165, 1.54) is 25.3 Å². The second kappa shape index (κ2) is 10.2. The average molecular weight is 473 g/mol. The number of nitrogens with one attached hydrogen (secondary N) is 2. The predicted octanol–water partition coefficient (Wildman–Crippen LogP) is 4.81. The lowest BCUT2D eigenvalue weighted by Crippen LogP contribution is -2.15. The molecule has 1 amide bonds. The van der Waals surface area contributed by atoms with Crippen molar-refractivity contribution in [2.75, 3.05) is 24.3 Å². The van der Waals surface area contributed by atoms with Gasteiger partial charge in [0.05, 0.1) is 24.9 Å². The van der Waals surface area contributed by atoms with Crippen LogP contribution in [0.5, 0.6) is 11.5 Å². The first kappa shape index (κ1) is 23.2. The number of hydrogen-bond donors (Lipinski definition) is 2. The third-order valence-corrected chi connectivity index (χ3v) is 6.10. The molecule has 0 bridgehead atoms. The molecule has 2 N–H and O–H groups in total. The van der Waals surface area contributed by atoms with E-state index in [1.54, 1.807) is 67.8 Å². The number of anilines is 2. The van der Waals surface area contributed by atoms with Crippen LogP contribution >= 0.6 is 11.6 Å². The number of benzene rings is 3. The van der Waals surface area contributed by atoms with E-state index in [-0.39, 0.29) is 27.0 Å². The molecule has 3 aromatic carbocycles. The van der Waals surface area contributed by atoms with Crippen molar-refractivity contribution >= 4 is 45.0 Å². The van der Waals surface area contributed by atoms with Gasteiger partial charge in [0.2, 0.25) is 5.91 Å². The molecular formula is C23H21ClN2O5S. The number of methoxy groups -OCH3 is 2. The standard InChI is InChI=1S/C23H21ClN2O5S/c1-30-18-11-7-16(8-12-18)9-14-23(27)25-17-10-13-21(31-2)22(15-17)32(28,29)26-20-6-4-3-5-19(20)24/h3-15,26H,1-2H3,(H,25,27)/b14-9+. The molecule has 0 fully saturated rings. The van der Waals surface area contributed by atoms with Gasteiger partial charge in [0.1, 0.15) is 16.4 Å². The van der Waals surface area contributed by atoms with Gasteiger partial charge in [-0.1, -0.05) is 35.9 Å². The number of carbonyl (C=O) groups excluding carboxylic acids is 1. The Hall–Kier alpha value is -3.49. The number of rotatable bonds is 8. The van der Waals surface area contributed by atoms with Crippen LogP contribution in [0, 0.1) is 0 Å². The van der Waals surface area contributed by atoms with E-state index in [2.05, 4.69) is 10.0 Å². The number of sulfonamides is 1. The minimum absolute atomic E-state index is 0.122. The van der Waals surface area contributed by atoms with Crippen LogP contribution in [0.3, 0.4) is 0 Å². The lowest BCUT2D eigenvalue weighted by molar-refractivity contribution is -0.111. The molecule has 9 heteroatoms. The van der Waals surface area contributed by atoms with Crippen LogP contribution in [0.2, 0.25) is 5.02 Å². The van der Waals surface area contributed by atoms with Crippen LogP contribution < -0.4 is 19.5 Å². The molecule has 0 aromatic heterocycles. The highest BCUT2D eigenvalue weighted by atomic mass is 35.5. The molecule has 0 saturated carbocycles. The van der Waals surface area contributed by atoms with E-state index in [0.29, 0.717) is 5.75 Å². The average Bonchev–Trinajstić information content (AvgIpc) is 2.79. The molecule has 0 unspecified atom stereocenters. The summed E-state index contributed by atoms with van der Waals surface area (Å²) in [5.74, 6) is 0.411. The van der Waals surface area contributed by atoms with Crippen molar-refractivity contribution < 1.29 is 22.7 Å². The maximum absolute atomic E-state index is 12.9. The number of carbonyl (C=O) groups is 1. The van der Waals surface area contributed by atoms with Crippen molar-refractivity contribution in [2.45, 2.75) is 4.90 Å². The van der Waals surface area contributed by atoms with Gasteiger partial charge in [0.25, 0.3) is 10.0 Å². The van der Waals surface area contributed by atoms with Crippen molar-refractivity contribution in [3.8, 4) is 11.5 Å². The smallest absolute Gasteiger partial charge is 0.265 e. The molecule has 166 valence electrons. The molecule has 3 rings (SSSR count). The van der Waals surface area contributed by atoms with Crippen molar-refractivity contribution in [1.82, 2.24) is 0 Å². The molecule has 0 aliphatic carbocycles. The molecule has 0 atom stereocenters. The number of halogens is 1. The zero-order valence-corrected chi connectivity index (χ0v) is 18.9. The van der Waals surface area contributed by atoms with Crippen LogP contribution in [0.15, 0.2) is 77.7 Å². The number of amides is 1. The quantitative estimate of drug-likeness (QED) is 0.459. The molecule has 7 nitrogen and oxygen atoms in total. The first-order chi connectivity index (χ1) is 15.3. The van der Waals surface area contributed by atoms with Gasteiger partial charge in [-0.3, -0.25) is 9.52 Å². The number of hydrogen-bond acceptors (Lipinski definition) is 5. The van der Waals surface area contributed by atoms with Crippen LogP contribution in [-0.4, -0.2) is 28.5 Å². The molecule has 0 aliphatic heterocycles. The Balaban J connectivity index is 1.80. The van der Waals surface area contributed by atoms with Crippen LogP contribution in [0.1, 0.15) is 5.56 Å². The Morgan fingerprint density at radius 1 is 0.969 bits per heavy atom. The normalized spacial score (nSPS) is 11.2. The second-order valence-electron chi connectivity index (χ2n) is 6.55. The largest absolute Gasteiger partial charge is 0.497 e. The Labute approximate surface area is 191 Å². The Morgan fingerprint density at radius 2 is 1.69 bits per heavy atom. The minimum atomic E-state index is -4.04. The molecule has 0 saturated heterocycles. The summed E-state index contributed by atoms with van der Waals surface area (Å²) < 4.78 is 38.6. The SMILES string of the molecule is COc1ccc(/C=C/C(=O)Nc2ccc(OC)c(S(=O)(=O)Nc3ccccc3Cl)c2)cc1. The van der Waals surface area contributed by atoms with E-state index in [4.69, 9.17) is 21.1 Å². The van der Waals surface area contributed by atoms with E-state index < -0.39 is 15.9 Å². The second-order valence-corrected chi connectivity index (χ2v) is 8.60. The fourth-order valence-electron chi connectivity index (χ4n) is 2.78. The van der Waals surface area contributed by atoms with Gasteiger partial charge in [-0.05, 0) is 54.1 Å². The van der Waals surface area contributed by atoms with Crippen LogP contribution in [-0.2, 0) is 14.8 Å². The van der Waals surface area contributed by atoms with Crippen LogP contribution in [0.4, 0.5) is 11.4 Å². The first-order valence-electron chi connectivity index (χ1n) is 9.41. The molecule has 0 heterocycles. The highest BCUT2D eigenvalue weighted by molar-refractivity contribution is 7.92. The fraction of sp³-hybridized carbons (Fsp3) is 0.0870. The van der Waals surface area contributed by atoms with E-state index in [9.17, 15) is 13.2 Å². The summed E-state index contributed by atoms with van der Waals surface area (Å²) >= 11 is 6.06. The number of ether oxygens (including phenoxy) is 2. The molecule has 0 aliphatic rings. The van der Waals surface area contributed by atoms with Crippen molar-refractivity contribution in [1.29, 1.82) is 0 Å². The zero-order valence-electron chi connectivity index (χ0n) is 17.3. The Bertz CT molecular complexity index is 1240. The zero-order chi connectivity index (χ0) is 23.1. The maximum atomic E-state index is 12.9. The first-order valence-corrected chi connectivity index (χ1v) is 11.3. The predicted molar refractivity (Wildman–Crippen MR) is 126 cm³/mol. The molecule has 3 aromatic rings. The molecule has 32 heavy (non-hydrogen) atoms. The van der Waals surface area contributed by atoms with E-state index >= 15 is 0 Å². The van der Waals surface area contributed by atoms with Gasteiger partial charge in [0.15, 0.2) is 0 Å². The highest BCUT2D eigenvalue weighted by Gasteiger charge is 2.21.